The number of pyridine rings is 1. The summed E-state index contributed by atoms with van der Waals surface area (Å²) in [7, 11) is 1.68. The molecule has 150 valence electrons. The van der Waals surface area contributed by atoms with Gasteiger partial charge in [-0.25, -0.2) is 4.99 Å². The van der Waals surface area contributed by atoms with Gasteiger partial charge in [0.2, 0.25) is 5.91 Å². The molecule has 2 rings (SSSR count). The van der Waals surface area contributed by atoms with Crippen molar-refractivity contribution in [2.75, 3.05) is 26.7 Å². The molecule has 7 nitrogen and oxygen atoms in total. The number of methoxy groups -OCH3 is 1. The van der Waals surface area contributed by atoms with E-state index < -0.39 is 0 Å². The molecule has 1 aromatic rings. The normalized spacial score (nSPS) is 17.4. The lowest BCUT2D eigenvalue weighted by Crippen LogP contribution is -2.45. The fraction of sp³-hybridized carbons (Fsp3) is 0.650. The van der Waals surface area contributed by atoms with Crippen LogP contribution in [-0.4, -0.2) is 54.5 Å². The van der Waals surface area contributed by atoms with Crippen LogP contribution in [0.3, 0.4) is 0 Å². The van der Waals surface area contributed by atoms with E-state index in [0.717, 1.165) is 54.6 Å². The van der Waals surface area contributed by atoms with Crippen molar-refractivity contribution in [3.05, 3.63) is 23.0 Å². The number of rotatable bonds is 6. The van der Waals surface area contributed by atoms with E-state index in [4.69, 9.17) is 9.73 Å². The number of nitrogens with zero attached hydrogens (tertiary/aromatic N) is 3. The van der Waals surface area contributed by atoms with Gasteiger partial charge in [-0.2, -0.15) is 0 Å². The first-order valence-electron chi connectivity index (χ1n) is 9.70. The smallest absolute Gasteiger partial charge is 0.225 e. The number of nitrogens with one attached hydrogen (secondary N) is 2. The molecule has 0 bridgehead atoms. The van der Waals surface area contributed by atoms with Crippen LogP contribution >= 0.6 is 0 Å². The number of aromatic nitrogens is 1. The predicted molar refractivity (Wildman–Crippen MR) is 108 cm³/mol. The highest BCUT2D eigenvalue weighted by Crippen LogP contribution is 2.24. The maximum absolute atomic E-state index is 12.2. The number of aryl methyl sites for hydroxylation is 1. The fourth-order valence-electron chi connectivity index (χ4n) is 3.34. The van der Waals surface area contributed by atoms with Crippen molar-refractivity contribution in [1.82, 2.24) is 20.5 Å². The number of ether oxygens (including phenoxy) is 1. The van der Waals surface area contributed by atoms with Gasteiger partial charge in [0.05, 0.1) is 19.3 Å². The Morgan fingerprint density at radius 2 is 2.19 bits per heavy atom. The van der Waals surface area contributed by atoms with E-state index >= 15 is 0 Å². The molecule has 1 atom stereocenters. The molecule has 0 aliphatic carbocycles. The molecule has 1 aliphatic heterocycles. The third-order valence-corrected chi connectivity index (χ3v) is 4.82. The van der Waals surface area contributed by atoms with Crippen LogP contribution in [0.4, 0.5) is 0 Å². The molecule has 27 heavy (non-hydrogen) atoms. The molecule has 1 amide bonds. The molecule has 2 N–H and O–H groups in total. The zero-order valence-corrected chi connectivity index (χ0v) is 17.4. The zero-order valence-electron chi connectivity index (χ0n) is 17.4. The van der Waals surface area contributed by atoms with Crippen molar-refractivity contribution in [1.29, 1.82) is 0 Å². The van der Waals surface area contributed by atoms with E-state index in [-0.39, 0.29) is 17.9 Å². The van der Waals surface area contributed by atoms with Crippen molar-refractivity contribution < 1.29 is 9.53 Å². The SMILES string of the molecule is CCNC(=NCc1ncc(C)c(OC)c1C)NC1CCN(C(=O)C(C)C)C1. The van der Waals surface area contributed by atoms with Gasteiger partial charge in [-0.3, -0.25) is 9.78 Å². The summed E-state index contributed by atoms with van der Waals surface area (Å²) in [5.41, 5.74) is 2.94. The van der Waals surface area contributed by atoms with Gasteiger partial charge < -0.3 is 20.3 Å². The Balaban J connectivity index is 2.04. The molecule has 1 unspecified atom stereocenters. The number of carbonyl (C=O) groups is 1. The average Bonchev–Trinajstić information content (AvgIpc) is 3.09. The molecular weight excluding hydrogens is 342 g/mol. The van der Waals surface area contributed by atoms with Crippen LogP contribution in [0.15, 0.2) is 11.2 Å². The number of aliphatic imine (C=N–C) groups is 1. The van der Waals surface area contributed by atoms with E-state index in [2.05, 4.69) is 15.6 Å². The highest BCUT2D eigenvalue weighted by Gasteiger charge is 2.28. The first-order chi connectivity index (χ1) is 12.9. The van der Waals surface area contributed by atoms with Gasteiger partial charge in [-0.05, 0) is 27.2 Å². The third-order valence-electron chi connectivity index (χ3n) is 4.82. The minimum Gasteiger partial charge on any atom is -0.496 e. The second kappa shape index (κ2) is 9.58. The van der Waals surface area contributed by atoms with E-state index in [1.165, 1.54) is 0 Å². The number of likely N-dealkylation sites (tertiary alicyclic amines) is 1. The number of hydrogen-bond acceptors (Lipinski definition) is 4. The van der Waals surface area contributed by atoms with Gasteiger partial charge >= 0.3 is 0 Å². The summed E-state index contributed by atoms with van der Waals surface area (Å²) >= 11 is 0. The standard InChI is InChI=1S/C20H33N5O2/c1-7-21-20(24-16-8-9-25(12-16)19(26)13(2)3)23-11-17-15(5)18(27-6)14(4)10-22-17/h10,13,16H,7-9,11-12H2,1-6H3,(H2,21,23,24). The van der Waals surface area contributed by atoms with E-state index in [0.29, 0.717) is 6.54 Å². The maximum atomic E-state index is 12.2. The van der Waals surface area contributed by atoms with E-state index in [9.17, 15) is 4.79 Å². The Hall–Kier alpha value is -2.31. The molecule has 0 aromatic carbocycles. The lowest BCUT2D eigenvalue weighted by atomic mass is 10.1. The van der Waals surface area contributed by atoms with Gasteiger partial charge in [0.15, 0.2) is 5.96 Å². The monoisotopic (exact) mass is 375 g/mol. The quantitative estimate of drug-likeness (QED) is 0.587. The molecule has 1 saturated heterocycles. The second-order valence-corrected chi connectivity index (χ2v) is 7.31. The van der Waals surface area contributed by atoms with Gasteiger partial charge in [-0.15, -0.1) is 0 Å². The predicted octanol–water partition coefficient (Wildman–Crippen LogP) is 2.02. The Morgan fingerprint density at radius 3 is 2.81 bits per heavy atom. The molecule has 2 heterocycles. The molecular formula is C20H33N5O2. The summed E-state index contributed by atoms with van der Waals surface area (Å²) in [4.78, 5) is 23.3. The fourth-order valence-corrected chi connectivity index (χ4v) is 3.34. The van der Waals surface area contributed by atoms with Gasteiger partial charge in [0.1, 0.15) is 5.75 Å². The summed E-state index contributed by atoms with van der Waals surface area (Å²) in [5.74, 6) is 1.87. The maximum Gasteiger partial charge on any atom is 0.225 e. The zero-order chi connectivity index (χ0) is 20.0. The Labute approximate surface area is 162 Å². The molecule has 1 fully saturated rings. The van der Waals surface area contributed by atoms with Crippen LogP contribution in [0.25, 0.3) is 0 Å². The van der Waals surface area contributed by atoms with Crippen LogP contribution in [0.1, 0.15) is 44.0 Å². The molecule has 7 heteroatoms. The van der Waals surface area contributed by atoms with Crippen molar-refractivity contribution in [2.45, 2.75) is 53.6 Å². The van der Waals surface area contributed by atoms with Crippen molar-refractivity contribution in [3.8, 4) is 5.75 Å². The topological polar surface area (TPSA) is 78.9 Å². The Bertz CT molecular complexity index is 687. The van der Waals surface area contributed by atoms with Crippen LogP contribution in [0, 0.1) is 19.8 Å². The summed E-state index contributed by atoms with van der Waals surface area (Å²) in [6, 6.07) is 0.215. The number of hydrogen-bond donors (Lipinski definition) is 2. The Kier molecular flexibility index (Phi) is 7.45. The first-order valence-corrected chi connectivity index (χ1v) is 9.70. The average molecular weight is 376 g/mol. The minimum absolute atomic E-state index is 0.0382. The largest absolute Gasteiger partial charge is 0.496 e. The lowest BCUT2D eigenvalue weighted by Gasteiger charge is -2.20. The molecule has 0 saturated carbocycles. The lowest BCUT2D eigenvalue weighted by molar-refractivity contribution is -0.133. The van der Waals surface area contributed by atoms with Gasteiger partial charge in [0, 0.05) is 48.9 Å². The van der Waals surface area contributed by atoms with Crippen LogP contribution < -0.4 is 15.4 Å². The van der Waals surface area contributed by atoms with Gasteiger partial charge in [-0.1, -0.05) is 13.8 Å². The summed E-state index contributed by atoms with van der Waals surface area (Å²) in [6.07, 6.45) is 2.75. The second-order valence-electron chi connectivity index (χ2n) is 7.31. The van der Waals surface area contributed by atoms with Crippen LogP contribution in [-0.2, 0) is 11.3 Å². The first kappa shape index (κ1) is 21.0. The number of carbonyl (C=O) groups excluding carboxylic acids is 1. The van der Waals surface area contributed by atoms with Crippen LogP contribution in [0.2, 0.25) is 0 Å². The van der Waals surface area contributed by atoms with Crippen LogP contribution in [0.5, 0.6) is 5.75 Å². The molecule has 1 aromatic heterocycles. The highest BCUT2D eigenvalue weighted by molar-refractivity contribution is 5.81. The van der Waals surface area contributed by atoms with E-state index in [1.54, 1.807) is 7.11 Å². The minimum atomic E-state index is 0.0382. The van der Waals surface area contributed by atoms with Crippen molar-refractivity contribution in [2.24, 2.45) is 10.9 Å². The highest BCUT2D eigenvalue weighted by atomic mass is 16.5. The summed E-state index contributed by atoms with van der Waals surface area (Å²) < 4.78 is 5.47. The van der Waals surface area contributed by atoms with Crippen molar-refractivity contribution >= 4 is 11.9 Å². The number of guanidine groups is 1. The molecule has 0 radical (unpaired) electrons. The molecule has 1 aliphatic rings. The Morgan fingerprint density at radius 1 is 1.44 bits per heavy atom. The molecule has 0 spiro atoms. The van der Waals surface area contributed by atoms with Gasteiger partial charge in [0.25, 0.3) is 0 Å². The van der Waals surface area contributed by atoms with E-state index in [1.807, 2.05) is 45.7 Å². The summed E-state index contributed by atoms with van der Waals surface area (Å²) in [5, 5.41) is 6.74. The third kappa shape index (κ3) is 5.34. The number of amides is 1. The van der Waals surface area contributed by atoms with Crippen molar-refractivity contribution in [3.63, 3.8) is 0 Å². The summed E-state index contributed by atoms with van der Waals surface area (Å²) in [6.45, 7) is 12.7.